The molecule has 0 heterocycles. The molecule has 2 amide bonds. The Morgan fingerprint density at radius 1 is 1.35 bits per heavy atom. The van der Waals surface area contributed by atoms with Crippen molar-refractivity contribution in [1.29, 1.82) is 0 Å². The van der Waals surface area contributed by atoms with Crippen molar-refractivity contribution in [3.8, 4) is 0 Å². The number of rotatable bonds is 8. The van der Waals surface area contributed by atoms with Crippen molar-refractivity contribution in [3.63, 3.8) is 0 Å². The molecule has 1 rings (SSSR count). The fraction of sp³-hybridized carbons (Fsp3) is 0.857. The van der Waals surface area contributed by atoms with E-state index in [1.807, 2.05) is 13.8 Å². The lowest BCUT2D eigenvalue weighted by Crippen LogP contribution is -2.55. The third-order valence-electron chi connectivity index (χ3n) is 3.74. The first-order valence-corrected chi connectivity index (χ1v) is 7.27. The number of carboxylic acids is 1. The number of aliphatic hydroxyl groups excluding tert-OH is 1. The van der Waals surface area contributed by atoms with Crippen LogP contribution in [-0.2, 0) is 4.79 Å². The van der Waals surface area contributed by atoms with Gasteiger partial charge in [0, 0.05) is 31.2 Å². The number of aliphatic hydroxyl groups is 1. The van der Waals surface area contributed by atoms with Crippen molar-refractivity contribution >= 4 is 12.0 Å². The van der Waals surface area contributed by atoms with Crippen LogP contribution in [-0.4, -0.2) is 51.8 Å². The summed E-state index contributed by atoms with van der Waals surface area (Å²) < 4.78 is 0. The Hall–Kier alpha value is -1.30. The van der Waals surface area contributed by atoms with Crippen molar-refractivity contribution in [2.45, 2.75) is 64.0 Å². The Labute approximate surface area is 120 Å². The van der Waals surface area contributed by atoms with Crippen LogP contribution in [0.15, 0.2) is 0 Å². The van der Waals surface area contributed by atoms with Crippen molar-refractivity contribution in [2.75, 3.05) is 13.2 Å². The summed E-state index contributed by atoms with van der Waals surface area (Å²) in [5.74, 6) is -0.858. The summed E-state index contributed by atoms with van der Waals surface area (Å²) in [6, 6.07) is 0.107. The Morgan fingerprint density at radius 3 is 2.45 bits per heavy atom. The molecule has 3 N–H and O–H groups in total. The van der Waals surface area contributed by atoms with E-state index in [0.29, 0.717) is 19.4 Å². The molecule has 0 bridgehead atoms. The van der Waals surface area contributed by atoms with E-state index in [2.05, 4.69) is 5.32 Å². The van der Waals surface area contributed by atoms with Crippen molar-refractivity contribution in [3.05, 3.63) is 0 Å². The van der Waals surface area contributed by atoms with Crippen LogP contribution in [0.1, 0.15) is 52.4 Å². The highest BCUT2D eigenvalue weighted by atomic mass is 16.4. The first-order chi connectivity index (χ1) is 9.35. The zero-order chi connectivity index (χ0) is 15.2. The number of hydrogen-bond acceptors (Lipinski definition) is 3. The monoisotopic (exact) mass is 286 g/mol. The summed E-state index contributed by atoms with van der Waals surface area (Å²) in [5, 5.41) is 20.6. The number of carbonyl (C=O) groups excluding carboxylic acids is 1. The van der Waals surface area contributed by atoms with Crippen LogP contribution in [0.4, 0.5) is 4.79 Å². The molecule has 1 fully saturated rings. The molecule has 0 aromatic heterocycles. The van der Waals surface area contributed by atoms with E-state index in [0.717, 1.165) is 19.3 Å². The summed E-state index contributed by atoms with van der Waals surface area (Å²) in [4.78, 5) is 24.7. The minimum absolute atomic E-state index is 0.0351. The second-order valence-electron chi connectivity index (χ2n) is 6.06. The highest BCUT2D eigenvalue weighted by Gasteiger charge is 2.31. The maximum Gasteiger partial charge on any atom is 0.318 e. The third-order valence-corrected chi connectivity index (χ3v) is 3.74. The molecular weight excluding hydrogens is 260 g/mol. The first-order valence-electron chi connectivity index (χ1n) is 7.27. The van der Waals surface area contributed by atoms with E-state index in [1.165, 1.54) is 0 Å². The summed E-state index contributed by atoms with van der Waals surface area (Å²) in [7, 11) is 0. The topological polar surface area (TPSA) is 89.9 Å². The zero-order valence-electron chi connectivity index (χ0n) is 12.4. The van der Waals surface area contributed by atoms with Gasteiger partial charge in [-0.25, -0.2) is 4.79 Å². The van der Waals surface area contributed by atoms with Gasteiger partial charge in [-0.05, 0) is 46.0 Å². The van der Waals surface area contributed by atoms with E-state index in [-0.39, 0.29) is 25.1 Å². The zero-order valence-corrected chi connectivity index (χ0v) is 12.4. The molecule has 0 radical (unpaired) electrons. The predicted molar refractivity (Wildman–Crippen MR) is 75.5 cm³/mol. The molecule has 0 aromatic rings. The molecule has 0 unspecified atom stereocenters. The number of nitrogens with zero attached hydrogens (tertiary/aromatic N) is 1. The number of aliphatic carboxylic acids is 1. The van der Waals surface area contributed by atoms with Crippen LogP contribution in [0.5, 0.6) is 0 Å². The normalized spacial score (nSPS) is 15.6. The van der Waals surface area contributed by atoms with Gasteiger partial charge in [-0.2, -0.15) is 0 Å². The second-order valence-corrected chi connectivity index (χ2v) is 6.06. The lowest BCUT2D eigenvalue weighted by molar-refractivity contribution is -0.137. The third kappa shape index (κ3) is 5.36. The van der Waals surface area contributed by atoms with Gasteiger partial charge in [-0.1, -0.05) is 0 Å². The molecule has 0 spiro atoms. The molecule has 1 saturated carbocycles. The average Bonchev–Trinajstić information content (AvgIpc) is 2.29. The van der Waals surface area contributed by atoms with Gasteiger partial charge in [-0.15, -0.1) is 0 Å². The lowest BCUT2D eigenvalue weighted by atomic mass is 9.91. The maximum atomic E-state index is 12.3. The Balaban J connectivity index is 2.52. The molecule has 0 atom stereocenters. The number of amides is 2. The van der Waals surface area contributed by atoms with Crippen LogP contribution in [0.2, 0.25) is 0 Å². The molecular formula is C14H26N2O4. The van der Waals surface area contributed by atoms with Crippen LogP contribution < -0.4 is 5.32 Å². The van der Waals surface area contributed by atoms with Gasteiger partial charge in [0.25, 0.3) is 0 Å². The average molecular weight is 286 g/mol. The molecule has 1 aliphatic rings. The highest BCUT2D eigenvalue weighted by molar-refractivity contribution is 5.75. The summed E-state index contributed by atoms with van der Waals surface area (Å²) in [6.45, 7) is 4.28. The molecule has 1 aliphatic carbocycles. The van der Waals surface area contributed by atoms with Crippen LogP contribution in [0, 0.1) is 0 Å². The standard InChI is InChI=1S/C14H26N2O4/c1-14(2,8-7-12(18)19)15-13(20)16(9-4-10-17)11-5-3-6-11/h11,17H,3-10H2,1-2H3,(H,15,20)(H,18,19). The molecule has 0 aliphatic heterocycles. The van der Waals surface area contributed by atoms with Crippen molar-refractivity contribution in [1.82, 2.24) is 10.2 Å². The quantitative estimate of drug-likeness (QED) is 0.632. The first kappa shape index (κ1) is 16.8. The molecule has 20 heavy (non-hydrogen) atoms. The van der Waals surface area contributed by atoms with Gasteiger partial charge in [0.15, 0.2) is 0 Å². The van der Waals surface area contributed by atoms with Crippen LogP contribution >= 0.6 is 0 Å². The number of nitrogens with one attached hydrogen (secondary N) is 1. The maximum absolute atomic E-state index is 12.3. The van der Waals surface area contributed by atoms with Gasteiger partial charge in [-0.3, -0.25) is 4.79 Å². The van der Waals surface area contributed by atoms with Gasteiger partial charge in [0.1, 0.15) is 0 Å². The molecule has 0 saturated heterocycles. The summed E-state index contributed by atoms with van der Waals surface area (Å²) >= 11 is 0. The van der Waals surface area contributed by atoms with Crippen molar-refractivity contribution in [2.24, 2.45) is 0 Å². The summed E-state index contributed by atoms with van der Waals surface area (Å²) in [5.41, 5.74) is -0.545. The Morgan fingerprint density at radius 2 is 2.00 bits per heavy atom. The second kappa shape index (κ2) is 7.47. The summed E-state index contributed by atoms with van der Waals surface area (Å²) in [6.07, 6.45) is 4.15. The number of carbonyl (C=O) groups is 2. The predicted octanol–water partition coefficient (Wildman–Crippen LogP) is 1.58. The molecule has 0 aromatic carbocycles. The smallest absolute Gasteiger partial charge is 0.318 e. The number of hydrogen-bond donors (Lipinski definition) is 3. The number of carboxylic acid groups (broad SMARTS) is 1. The largest absolute Gasteiger partial charge is 0.481 e. The minimum Gasteiger partial charge on any atom is -0.481 e. The lowest BCUT2D eigenvalue weighted by Gasteiger charge is -2.39. The van der Waals surface area contributed by atoms with Crippen molar-refractivity contribution < 1.29 is 19.8 Å². The van der Waals surface area contributed by atoms with E-state index >= 15 is 0 Å². The SMILES string of the molecule is CC(C)(CCC(=O)O)NC(=O)N(CCCO)C1CCC1. The fourth-order valence-corrected chi connectivity index (χ4v) is 2.23. The van der Waals surface area contributed by atoms with E-state index in [1.54, 1.807) is 4.90 Å². The van der Waals surface area contributed by atoms with E-state index < -0.39 is 11.5 Å². The minimum atomic E-state index is -0.858. The van der Waals surface area contributed by atoms with Gasteiger partial charge in [0.2, 0.25) is 0 Å². The number of urea groups is 1. The van der Waals surface area contributed by atoms with Gasteiger partial charge >= 0.3 is 12.0 Å². The molecule has 116 valence electrons. The van der Waals surface area contributed by atoms with E-state index in [4.69, 9.17) is 10.2 Å². The van der Waals surface area contributed by atoms with Crippen LogP contribution in [0.3, 0.4) is 0 Å². The van der Waals surface area contributed by atoms with Gasteiger partial charge in [0.05, 0.1) is 0 Å². The highest BCUT2D eigenvalue weighted by Crippen LogP contribution is 2.25. The van der Waals surface area contributed by atoms with Crippen LogP contribution in [0.25, 0.3) is 0 Å². The molecule has 6 nitrogen and oxygen atoms in total. The van der Waals surface area contributed by atoms with Gasteiger partial charge < -0.3 is 20.4 Å². The Kier molecular flexibility index (Phi) is 6.26. The molecule has 6 heteroatoms. The Bertz CT molecular complexity index is 340. The van der Waals surface area contributed by atoms with E-state index in [9.17, 15) is 9.59 Å². The fourth-order valence-electron chi connectivity index (χ4n) is 2.23.